The quantitative estimate of drug-likeness (QED) is 0.836. The number of carbonyl (C=O) groups is 1. The summed E-state index contributed by atoms with van der Waals surface area (Å²) in [4.78, 5) is 16.5. The van der Waals surface area contributed by atoms with Crippen LogP contribution >= 0.6 is 0 Å². The Balaban J connectivity index is 1.99. The number of hydrogen-bond acceptors (Lipinski definition) is 4. The summed E-state index contributed by atoms with van der Waals surface area (Å²) >= 11 is 0. The minimum absolute atomic E-state index is 0.0911. The van der Waals surface area contributed by atoms with Crippen molar-refractivity contribution in [1.29, 1.82) is 0 Å². The zero-order valence-electron chi connectivity index (χ0n) is 12.2. The van der Waals surface area contributed by atoms with Gasteiger partial charge in [0.1, 0.15) is 0 Å². The van der Waals surface area contributed by atoms with Crippen LogP contribution in [-0.2, 0) is 4.74 Å². The Morgan fingerprint density at radius 1 is 1.55 bits per heavy atom. The van der Waals surface area contributed by atoms with Crippen LogP contribution in [0, 0.1) is 6.92 Å². The molecule has 1 fully saturated rings. The van der Waals surface area contributed by atoms with E-state index in [1.807, 2.05) is 13.0 Å². The molecule has 1 amide bonds. The SMILES string of the molecule is CCCNc1cc(C)ncc1C(=O)NCC1CCCO1. The molecule has 5 heteroatoms. The summed E-state index contributed by atoms with van der Waals surface area (Å²) in [6, 6.07) is 1.91. The van der Waals surface area contributed by atoms with Crippen molar-refractivity contribution in [2.24, 2.45) is 0 Å². The molecule has 1 aliphatic heterocycles. The Morgan fingerprint density at radius 3 is 3.10 bits per heavy atom. The van der Waals surface area contributed by atoms with Gasteiger partial charge in [0.2, 0.25) is 0 Å². The average Bonchev–Trinajstić information content (AvgIpc) is 2.96. The highest BCUT2D eigenvalue weighted by atomic mass is 16.5. The molecule has 0 saturated carbocycles. The maximum absolute atomic E-state index is 12.3. The molecule has 0 aliphatic carbocycles. The molecule has 0 bridgehead atoms. The predicted molar refractivity (Wildman–Crippen MR) is 79.1 cm³/mol. The number of aromatic nitrogens is 1. The van der Waals surface area contributed by atoms with E-state index in [1.165, 1.54) is 0 Å². The molecule has 20 heavy (non-hydrogen) atoms. The van der Waals surface area contributed by atoms with E-state index in [4.69, 9.17) is 4.74 Å². The van der Waals surface area contributed by atoms with Crippen LogP contribution in [0.15, 0.2) is 12.3 Å². The zero-order chi connectivity index (χ0) is 14.4. The Kier molecular flexibility index (Phi) is 5.35. The molecule has 2 rings (SSSR count). The van der Waals surface area contributed by atoms with Gasteiger partial charge in [-0.2, -0.15) is 0 Å². The fraction of sp³-hybridized carbons (Fsp3) is 0.600. The Bertz CT molecular complexity index is 456. The molecular weight excluding hydrogens is 254 g/mol. The van der Waals surface area contributed by atoms with Crippen LogP contribution in [-0.4, -0.2) is 36.7 Å². The first-order valence-electron chi connectivity index (χ1n) is 7.31. The van der Waals surface area contributed by atoms with Crippen LogP contribution in [0.25, 0.3) is 0 Å². The normalized spacial score (nSPS) is 18.0. The Morgan fingerprint density at radius 2 is 2.40 bits per heavy atom. The topological polar surface area (TPSA) is 63.2 Å². The number of pyridine rings is 1. The Labute approximate surface area is 120 Å². The molecule has 5 nitrogen and oxygen atoms in total. The van der Waals surface area contributed by atoms with Crippen LogP contribution in [0.2, 0.25) is 0 Å². The van der Waals surface area contributed by atoms with Gasteiger partial charge < -0.3 is 15.4 Å². The molecule has 1 unspecified atom stereocenters. The minimum Gasteiger partial charge on any atom is -0.384 e. The third kappa shape index (κ3) is 3.93. The summed E-state index contributed by atoms with van der Waals surface area (Å²) in [6.07, 6.45) is 4.91. The third-order valence-electron chi connectivity index (χ3n) is 3.37. The van der Waals surface area contributed by atoms with Crippen molar-refractivity contribution in [2.75, 3.05) is 25.0 Å². The maximum atomic E-state index is 12.3. The first-order valence-corrected chi connectivity index (χ1v) is 7.31. The zero-order valence-corrected chi connectivity index (χ0v) is 12.2. The number of carbonyl (C=O) groups excluding carboxylic acids is 1. The van der Waals surface area contributed by atoms with Gasteiger partial charge in [-0.25, -0.2) is 0 Å². The van der Waals surface area contributed by atoms with Gasteiger partial charge in [-0.15, -0.1) is 0 Å². The highest BCUT2D eigenvalue weighted by Gasteiger charge is 2.18. The molecule has 1 saturated heterocycles. The maximum Gasteiger partial charge on any atom is 0.255 e. The van der Waals surface area contributed by atoms with Crippen LogP contribution in [0.5, 0.6) is 0 Å². The van der Waals surface area contributed by atoms with Gasteiger partial charge in [0.15, 0.2) is 0 Å². The van der Waals surface area contributed by atoms with Gasteiger partial charge in [-0.1, -0.05) is 6.92 Å². The number of nitrogens with zero attached hydrogens (tertiary/aromatic N) is 1. The summed E-state index contributed by atoms with van der Waals surface area (Å²) in [6.45, 7) is 6.23. The first kappa shape index (κ1) is 14.8. The molecule has 1 aromatic rings. The van der Waals surface area contributed by atoms with Crippen molar-refractivity contribution in [3.63, 3.8) is 0 Å². The lowest BCUT2D eigenvalue weighted by Gasteiger charge is -2.14. The fourth-order valence-electron chi connectivity index (χ4n) is 2.25. The number of anilines is 1. The van der Waals surface area contributed by atoms with E-state index in [-0.39, 0.29) is 12.0 Å². The number of hydrogen-bond donors (Lipinski definition) is 2. The molecule has 2 heterocycles. The summed E-state index contributed by atoms with van der Waals surface area (Å²) in [7, 11) is 0. The van der Waals surface area contributed by atoms with E-state index in [2.05, 4.69) is 22.5 Å². The third-order valence-corrected chi connectivity index (χ3v) is 3.37. The number of nitrogens with one attached hydrogen (secondary N) is 2. The van der Waals surface area contributed by atoms with E-state index in [0.717, 1.165) is 43.8 Å². The minimum atomic E-state index is -0.0911. The molecule has 110 valence electrons. The molecule has 1 aliphatic rings. The monoisotopic (exact) mass is 277 g/mol. The van der Waals surface area contributed by atoms with E-state index in [0.29, 0.717) is 12.1 Å². The number of amides is 1. The summed E-state index contributed by atoms with van der Waals surface area (Å²) in [5.41, 5.74) is 2.35. The largest absolute Gasteiger partial charge is 0.384 e. The van der Waals surface area contributed by atoms with Crippen LogP contribution in [0.4, 0.5) is 5.69 Å². The lowest BCUT2D eigenvalue weighted by molar-refractivity contribution is 0.0858. The number of aryl methyl sites for hydroxylation is 1. The molecular formula is C15H23N3O2. The van der Waals surface area contributed by atoms with Crippen molar-refractivity contribution in [1.82, 2.24) is 10.3 Å². The average molecular weight is 277 g/mol. The van der Waals surface area contributed by atoms with Crippen LogP contribution in [0.3, 0.4) is 0 Å². The van der Waals surface area contributed by atoms with Gasteiger partial charge in [0.25, 0.3) is 5.91 Å². The van der Waals surface area contributed by atoms with E-state index in [9.17, 15) is 4.79 Å². The van der Waals surface area contributed by atoms with E-state index in [1.54, 1.807) is 6.20 Å². The molecule has 0 spiro atoms. The van der Waals surface area contributed by atoms with Gasteiger partial charge in [-0.05, 0) is 32.3 Å². The van der Waals surface area contributed by atoms with E-state index >= 15 is 0 Å². The smallest absolute Gasteiger partial charge is 0.255 e. The molecule has 2 N–H and O–H groups in total. The van der Waals surface area contributed by atoms with Crippen molar-refractivity contribution in [2.45, 2.75) is 39.2 Å². The fourth-order valence-corrected chi connectivity index (χ4v) is 2.25. The molecule has 0 radical (unpaired) electrons. The summed E-state index contributed by atoms with van der Waals surface area (Å²) in [5, 5.41) is 6.21. The standard InChI is InChI=1S/C15H23N3O2/c1-3-6-16-14-8-11(2)17-10-13(14)15(19)18-9-12-5-4-7-20-12/h8,10,12H,3-7,9H2,1-2H3,(H,16,17)(H,18,19). The lowest BCUT2D eigenvalue weighted by atomic mass is 10.1. The van der Waals surface area contributed by atoms with Crippen molar-refractivity contribution >= 4 is 11.6 Å². The summed E-state index contributed by atoms with van der Waals surface area (Å²) in [5.74, 6) is -0.0911. The first-order chi connectivity index (χ1) is 9.70. The van der Waals surface area contributed by atoms with Crippen molar-refractivity contribution in [3.8, 4) is 0 Å². The molecule has 1 atom stereocenters. The van der Waals surface area contributed by atoms with Gasteiger partial charge in [0, 0.05) is 31.6 Å². The Hall–Kier alpha value is -1.62. The second-order valence-corrected chi connectivity index (χ2v) is 5.14. The predicted octanol–water partition coefficient (Wildman–Crippen LogP) is 2.12. The second kappa shape index (κ2) is 7.24. The molecule has 1 aromatic heterocycles. The highest BCUT2D eigenvalue weighted by molar-refractivity contribution is 5.99. The van der Waals surface area contributed by atoms with Crippen molar-refractivity contribution in [3.05, 3.63) is 23.5 Å². The second-order valence-electron chi connectivity index (χ2n) is 5.14. The summed E-state index contributed by atoms with van der Waals surface area (Å²) < 4.78 is 5.51. The van der Waals surface area contributed by atoms with Crippen molar-refractivity contribution < 1.29 is 9.53 Å². The van der Waals surface area contributed by atoms with Crippen LogP contribution in [0.1, 0.15) is 42.2 Å². The van der Waals surface area contributed by atoms with Gasteiger partial charge >= 0.3 is 0 Å². The van der Waals surface area contributed by atoms with Gasteiger partial charge in [0.05, 0.1) is 17.4 Å². The number of ether oxygens (including phenoxy) is 1. The van der Waals surface area contributed by atoms with E-state index < -0.39 is 0 Å². The number of rotatable bonds is 6. The highest BCUT2D eigenvalue weighted by Crippen LogP contribution is 2.16. The lowest BCUT2D eigenvalue weighted by Crippen LogP contribution is -2.32. The van der Waals surface area contributed by atoms with Gasteiger partial charge in [-0.3, -0.25) is 9.78 Å². The molecule has 0 aromatic carbocycles. The van der Waals surface area contributed by atoms with Crippen LogP contribution < -0.4 is 10.6 Å².